The van der Waals surface area contributed by atoms with Gasteiger partial charge in [-0.15, -0.1) is 0 Å². The average Bonchev–Trinajstić information content (AvgIpc) is 2.38. The zero-order valence-electron chi connectivity index (χ0n) is 11.4. The molecule has 0 radical (unpaired) electrons. The minimum Gasteiger partial charge on any atom is -0.469 e. The molecule has 18 heavy (non-hydrogen) atoms. The first kappa shape index (κ1) is 12.9. The van der Waals surface area contributed by atoms with E-state index in [2.05, 4.69) is 30.1 Å². The number of ether oxygens (including phenoxy) is 1. The molecule has 0 N–H and O–H groups in total. The molecule has 98 valence electrons. The molecule has 0 aromatic heterocycles. The molecule has 0 saturated heterocycles. The number of aryl methyl sites for hydroxylation is 1. The van der Waals surface area contributed by atoms with Crippen LogP contribution in [-0.2, 0) is 22.4 Å². The Morgan fingerprint density at radius 3 is 3.00 bits per heavy atom. The predicted octanol–water partition coefficient (Wildman–Crippen LogP) is 2.42. The molecule has 1 aromatic rings. The van der Waals surface area contributed by atoms with Crippen molar-refractivity contribution in [2.24, 2.45) is 5.92 Å². The molecule has 0 saturated carbocycles. The van der Waals surface area contributed by atoms with Gasteiger partial charge < -0.3 is 9.64 Å². The van der Waals surface area contributed by atoms with Crippen LogP contribution in [0.3, 0.4) is 0 Å². The first-order chi connectivity index (χ1) is 8.61. The van der Waals surface area contributed by atoms with Crippen LogP contribution < -0.4 is 4.90 Å². The molecule has 1 heterocycles. The van der Waals surface area contributed by atoms with Crippen LogP contribution in [0.4, 0.5) is 5.69 Å². The van der Waals surface area contributed by atoms with Gasteiger partial charge >= 0.3 is 5.97 Å². The molecule has 0 amide bonds. The van der Waals surface area contributed by atoms with Crippen molar-refractivity contribution in [3.8, 4) is 0 Å². The quantitative estimate of drug-likeness (QED) is 0.768. The molecule has 3 nitrogen and oxygen atoms in total. The molecule has 2 rings (SSSR count). The smallest absolute Gasteiger partial charge is 0.308 e. The second kappa shape index (κ2) is 5.42. The molecule has 1 aliphatic heterocycles. The van der Waals surface area contributed by atoms with Gasteiger partial charge in [-0.3, -0.25) is 4.79 Å². The fourth-order valence-electron chi connectivity index (χ4n) is 2.60. The van der Waals surface area contributed by atoms with Crippen LogP contribution in [0.2, 0.25) is 0 Å². The Kier molecular flexibility index (Phi) is 3.90. The maximum absolute atomic E-state index is 11.4. The minimum atomic E-state index is -0.134. The number of esters is 1. The van der Waals surface area contributed by atoms with Crippen LogP contribution in [0.1, 0.15) is 24.5 Å². The molecule has 0 aliphatic carbocycles. The normalized spacial score (nSPS) is 16.1. The van der Waals surface area contributed by atoms with Crippen LogP contribution in [0.25, 0.3) is 0 Å². The van der Waals surface area contributed by atoms with E-state index < -0.39 is 0 Å². The summed E-state index contributed by atoms with van der Waals surface area (Å²) >= 11 is 0. The summed E-state index contributed by atoms with van der Waals surface area (Å²) in [6.07, 6.45) is 3.10. The number of benzene rings is 1. The molecule has 0 spiro atoms. The second-order valence-electron chi connectivity index (χ2n) is 5.12. The van der Waals surface area contributed by atoms with Crippen molar-refractivity contribution >= 4 is 11.7 Å². The highest BCUT2D eigenvalue weighted by molar-refractivity contribution is 5.72. The van der Waals surface area contributed by atoms with Gasteiger partial charge in [-0.05, 0) is 36.5 Å². The molecule has 0 fully saturated rings. The summed E-state index contributed by atoms with van der Waals surface area (Å²) in [7, 11) is 3.58. The van der Waals surface area contributed by atoms with Gasteiger partial charge in [0.25, 0.3) is 0 Å². The lowest BCUT2D eigenvalue weighted by atomic mass is 9.95. The maximum Gasteiger partial charge on any atom is 0.308 e. The summed E-state index contributed by atoms with van der Waals surface area (Å²) in [6.45, 7) is 3.04. The first-order valence-electron chi connectivity index (χ1n) is 6.52. The number of carbonyl (C=O) groups is 1. The zero-order valence-corrected chi connectivity index (χ0v) is 11.4. The number of carbonyl (C=O) groups excluding carboxylic acids is 1. The largest absolute Gasteiger partial charge is 0.469 e. The van der Waals surface area contributed by atoms with E-state index in [9.17, 15) is 4.79 Å². The average molecular weight is 247 g/mol. The lowest BCUT2D eigenvalue weighted by Crippen LogP contribution is -2.24. The Balaban J connectivity index is 2.14. The van der Waals surface area contributed by atoms with Crippen molar-refractivity contribution in [2.45, 2.75) is 26.2 Å². The minimum absolute atomic E-state index is 0.0747. The summed E-state index contributed by atoms with van der Waals surface area (Å²) in [5.41, 5.74) is 3.95. The molecule has 1 aromatic carbocycles. The Hall–Kier alpha value is -1.51. The van der Waals surface area contributed by atoms with Crippen molar-refractivity contribution in [2.75, 3.05) is 25.6 Å². The number of fused-ring (bicyclic) bond motifs is 1. The Morgan fingerprint density at radius 2 is 2.28 bits per heavy atom. The van der Waals surface area contributed by atoms with Crippen molar-refractivity contribution < 1.29 is 9.53 Å². The highest BCUT2D eigenvalue weighted by Gasteiger charge is 2.17. The molecule has 3 heteroatoms. The first-order valence-corrected chi connectivity index (χ1v) is 6.52. The fraction of sp³-hybridized carbons (Fsp3) is 0.533. The third kappa shape index (κ3) is 2.66. The lowest BCUT2D eigenvalue weighted by Gasteiger charge is -2.28. The number of nitrogens with zero attached hydrogens (tertiary/aromatic N) is 1. The predicted molar refractivity (Wildman–Crippen MR) is 72.9 cm³/mol. The van der Waals surface area contributed by atoms with E-state index in [1.54, 1.807) is 0 Å². The van der Waals surface area contributed by atoms with E-state index in [-0.39, 0.29) is 11.9 Å². The van der Waals surface area contributed by atoms with Gasteiger partial charge in [0.15, 0.2) is 0 Å². The summed E-state index contributed by atoms with van der Waals surface area (Å²) in [6, 6.07) is 6.54. The van der Waals surface area contributed by atoms with Crippen molar-refractivity contribution in [3.05, 3.63) is 29.3 Å². The van der Waals surface area contributed by atoms with Gasteiger partial charge in [-0.1, -0.05) is 19.1 Å². The standard InChI is InChI=1S/C15H21NO2/c1-11(15(17)18-3)9-12-6-7-14-13(10-12)5-4-8-16(14)2/h6-7,10-11H,4-5,8-9H2,1-3H3. The van der Waals surface area contributed by atoms with Gasteiger partial charge in [0.05, 0.1) is 13.0 Å². The third-order valence-electron chi connectivity index (χ3n) is 3.64. The van der Waals surface area contributed by atoms with Gasteiger partial charge in [0.1, 0.15) is 0 Å². The Bertz CT molecular complexity index is 442. The summed E-state index contributed by atoms with van der Waals surface area (Å²) in [5.74, 6) is -0.209. The highest BCUT2D eigenvalue weighted by atomic mass is 16.5. The summed E-state index contributed by atoms with van der Waals surface area (Å²) in [4.78, 5) is 13.7. The number of anilines is 1. The van der Waals surface area contributed by atoms with E-state index in [1.807, 2.05) is 6.92 Å². The van der Waals surface area contributed by atoms with Crippen molar-refractivity contribution in [1.82, 2.24) is 0 Å². The van der Waals surface area contributed by atoms with Crippen molar-refractivity contribution in [1.29, 1.82) is 0 Å². The maximum atomic E-state index is 11.4. The fourth-order valence-corrected chi connectivity index (χ4v) is 2.60. The molecule has 1 unspecified atom stereocenters. The summed E-state index contributed by atoms with van der Waals surface area (Å²) in [5, 5.41) is 0. The molecule has 1 atom stereocenters. The van der Waals surface area contributed by atoms with Gasteiger partial charge in [-0.2, -0.15) is 0 Å². The molecule has 0 bridgehead atoms. The Labute approximate surface area is 109 Å². The molecular formula is C15H21NO2. The van der Waals surface area contributed by atoms with Gasteiger partial charge in [-0.25, -0.2) is 0 Å². The Morgan fingerprint density at radius 1 is 1.50 bits per heavy atom. The number of hydrogen-bond donors (Lipinski definition) is 0. The summed E-state index contributed by atoms with van der Waals surface area (Å²) < 4.78 is 4.77. The van der Waals surface area contributed by atoms with Gasteiger partial charge in [0, 0.05) is 19.3 Å². The number of hydrogen-bond acceptors (Lipinski definition) is 3. The zero-order chi connectivity index (χ0) is 13.1. The SMILES string of the molecule is COC(=O)C(C)Cc1ccc2c(c1)CCCN2C. The van der Waals surface area contributed by atoms with E-state index in [1.165, 1.54) is 30.3 Å². The number of methoxy groups -OCH3 is 1. The van der Waals surface area contributed by atoms with E-state index in [0.29, 0.717) is 0 Å². The second-order valence-corrected chi connectivity index (χ2v) is 5.12. The topological polar surface area (TPSA) is 29.5 Å². The lowest BCUT2D eigenvalue weighted by molar-refractivity contribution is -0.144. The molecule has 1 aliphatic rings. The van der Waals surface area contributed by atoms with Crippen LogP contribution >= 0.6 is 0 Å². The van der Waals surface area contributed by atoms with Crippen LogP contribution in [0.5, 0.6) is 0 Å². The number of rotatable bonds is 3. The van der Waals surface area contributed by atoms with E-state index >= 15 is 0 Å². The monoisotopic (exact) mass is 247 g/mol. The van der Waals surface area contributed by atoms with Gasteiger partial charge in [0.2, 0.25) is 0 Å². The van der Waals surface area contributed by atoms with E-state index in [4.69, 9.17) is 4.74 Å². The highest BCUT2D eigenvalue weighted by Crippen LogP contribution is 2.27. The van der Waals surface area contributed by atoms with Crippen LogP contribution in [0, 0.1) is 5.92 Å². The van der Waals surface area contributed by atoms with Crippen LogP contribution in [-0.4, -0.2) is 26.7 Å². The third-order valence-corrected chi connectivity index (χ3v) is 3.64. The van der Waals surface area contributed by atoms with E-state index in [0.717, 1.165) is 19.4 Å². The van der Waals surface area contributed by atoms with Crippen molar-refractivity contribution in [3.63, 3.8) is 0 Å². The van der Waals surface area contributed by atoms with Crippen LogP contribution in [0.15, 0.2) is 18.2 Å². The molecular weight excluding hydrogens is 226 g/mol.